The maximum absolute atomic E-state index is 13.4. The predicted molar refractivity (Wildman–Crippen MR) is 190 cm³/mol. The van der Waals surface area contributed by atoms with E-state index in [1.807, 2.05) is 61.0 Å². The molecule has 1 aromatic heterocycles. The minimum absolute atomic E-state index is 0.0716. The van der Waals surface area contributed by atoms with Gasteiger partial charge in [-0.05, 0) is 74.6 Å². The van der Waals surface area contributed by atoms with Crippen molar-refractivity contribution in [3.05, 3.63) is 94.8 Å². The monoisotopic (exact) mass is 681 g/mol. The average molecular weight is 682 g/mol. The first-order valence-electron chi connectivity index (χ1n) is 16.7. The van der Waals surface area contributed by atoms with Crippen molar-refractivity contribution < 1.29 is 28.7 Å². The number of aliphatic imine (C=N–C) groups is 1. The second-order valence-corrected chi connectivity index (χ2v) is 12.3. The zero-order valence-corrected chi connectivity index (χ0v) is 28.8. The number of nitrogens with zero attached hydrogens (tertiary/aromatic N) is 4. The molecule has 5 rings (SSSR count). The molecule has 0 aliphatic carbocycles. The van der Waals surface area contributed by atoms with E-state index in [-0.39, 0.29) is 29.9 Å². The van der Waals surface area contributed by atoms with Crippen molar-refractivity contribution in [2.75, 3.05) is 25.5 Å². The van der Waals surface area contributed by atoms with Crippen LogP contribution in [0.1, 0.15) is 70.8 Å². The summed E-state index contributed by atoms with van der Waals surface area (Å²) in [5.74, 6) is 0.448. The third-order valence-electron chi connectivity index (χ3n) is 8.85. The standard InChI is InChI=1S/C37H43N7O6/c1-5-23(2)50-37(48)42-33(38)25-12-9-24(10-13-25)11-16-32-41-30-22-26(14-15-31(30)43(32)3)34(45)44-19-17-28(18-20-44)39-36(47)40-29-8-6-7-27(21-29)35(46)49-4/h6-10,12-15,21-23,28H,5,11,16-20H2,1-4H3,(H2,38,42,48)(H2,39,40,47). The lowest BCUT2D eigenvalue weighted by Gasteiger charge is -2.32. The summed E-state index contributed by atoms with van der Waals surface area (Å²) in [7, 11) is 3.27. The summed E-state index contributed by atoms with van der Waals surface area (Å²) < 4.78 is 11.9. The highest BCUT2D eigenvalue weighted by molar-refractivity contribution is 6.02. The number of hydrogen-bond acceptors (Lipinski definition) is 7. The number of nitrogens with one attached hydrogen (secondary N) is 2. The third-order valence-corrected chi connectivity index (χ3v) is 8.85. The van der Waals surface area contributed by atoms with Crippen LogP contribution in [-0.4, -0.2) is 76.6 Å². The zero-order chi connectivity index (χ0) is 35.8. The fourth-order valence-electron chi connectivity index (χ4n) is 5.75. The molecule has 13 nitrogen and oxygen atoms in total. The van der Waals surface area contributed by atoms with Gasteiger partial charge >= 0.3 is 18.1 Å². The van der Waals surface area contributed by atoms with E-state index >= 15 is 0 Å². The Morgan fingerprint density at radius 3 is 2.40 bits per heavy atom. The van der Waals surface area contributed by atoms with Gasteiger partial charge in [-0.15, -0.1) is 0 Å². The number of esters is 1. The van der Waals surface area contributed by atoms with Gasteiger partial charge in [0.1, 0.15) is 17.8 Å². The quantitative estimate of drug-likeness (QED) is 0.116. The van der Waals surface area contributed by atoms with Gasteiger partial charge in [0.15, 0.2) is 0 Å². The fourth-order valence-corrected chi connectivity index (χ4v) is 5.75. The maximum Gasteiger partial charge on any atom is 0.435 e. The van der Waals surface area contributed by atoms with E-state index in [9.17, 15) is 19.2 Å². The minimum Gasteiger partial charge on any atom is -0.465 e. The van der Waals surface area contributed by atoms with Crippen molar-refractivity contribution in [2.24, 2.45) is 17.8 Å². The zero-order valence-electron chi connectivity index (χ0n) is 28.8. The first-order chi connectivity index (χ1) is 24.0. The number of anilines is 1. The van der Waals surface area contributed by atoms with Gasteiger partial charge in [-0.3, -0.25) is 4.79 Å². The molecule has 0 spiro atoms. The summed E-state index contributed by atoms with van der Waals surface area (Å²) in [5.41, 5.74) is 10.8. The minimum atomic E-state index is -0.699. The normalized spacial score (nSPS) is 14.2. The topological polar surface area (TPSA) is 170 Å². The van der Waals surface area contributed by atoms with Gasteiger partial charge < -0.3 is 35.3 Å². The lowest BCUT2D eigenvalue weighted by atomic mass is 10.0. The van der Waals surface area contributed by atoms with Gasteiger partial charge in [0, 0.05) is 49.4 Å². The molecule has 1 saturated heterocycles. The summed E-state index contributed by atoms with van der Waals surface area (Å²) in [6.45, 7) is 4.74. The third kappa shape index (κ3) is 8.84. The van der Waals surface area contributed by atoms with Gasteiger partial charge in [0.05, 0.1) is 23.7 Å². The number of aryl methyl sites for hydroxylation is 3. The molecular weight excluding hydrogens is 638 g/mol. The van der Waals surface area contributed by atoms with Crippen molar-refractivity contribution in [3.8, 4) is 0 Å². The maximum atomic E-state index is 13.4. The number of aromatic nitrogens is 2. The van der Waals surface area contributed by atoms with Crippen LogP contribution in [0.25, 0.3) is 11.0 Å². The van der Waals surface area contributed by atoms with Gasteiger partial charge in [-0.25, -0.2) is 19.4 Å². The molecule has 4 aromatic rings. The van der Waals surface area contributed by atoms with Crippen LogP contribution < -0.4 is 16.4 Å². The fraction of sp³-hybridized carbons (Fsp3) is 0.351. The number of hydrogen-bond donors (Lipinski definition) is 3. The molecule has 1 fully saturated rings. The van der Waals surface area contributed by atoms with Crippen LogP contribution in [-0.2, 0) is 29.4 Å². The molecule has 262 valence electrons. The van der Waals surface area contributed by atoms with E-state index in [4.69, 9.17) is 20.2 Å². The Morgan fingerprint density at radius 1 is 0.980 bits per heavy atom. The molecule has 4 N–H and O–H groups in total. The highest BCUT2D eigenvalue weighted by Gasteiger charge is 2.25. The van der Waals surface area contributed by atoms with E-state index < -0.39 is 12.1 Å². The van der Waals surface area contributed by atoms with Crippen LogP contribution in [0.2, 0.25) is 0 Å². The molecule has 4 amide bonds. The second-order valence-electron chi connectivity index (χ2n) is 12.3. The highest BCUT2D eigenvalue weighted by atomic mass is 16.6. The van der Waals surface area contributed by atoms with Gasteiger partial charge in [-0.2, -0.15) is 4.99 Å². The Bertz CT molecular complexity index is 1890. The number of carbonyl (C=O) groups excluding carboxylic acids is 4. The van der Waals surface area contributed by atoms with Gasteiger partial charge in [-0.1, -0.05) is 37.3 Å². The van der Waals surface area contributed by atoms with E-state index in [1.165, 1.54) is 7.11 Å². The second kappa shape index (κ2) is 16.1. The summed E-state index contributed by atoms with van der Waals surface area (Å²) in [6.07, 6.45) is 2.42. The molecule has 1 aliphatic rings. The molecule has 50 heavy (non-hydrogen) atoms. The molecule has 1 atom stereocenters. The number of carbonyl (C=O) groups is 4. The summed E-state index contributed by atoms with van der Waals surface area (Å²) >= 11 is 0. The molecule has 0 bridgehead atoms. The molecular formula is C37H43N7O6. The lowest BCUT2D eigenvalue weighted by molar-refractivity contribution is 0.0600. The predicted octanol–water partition coefficient (Wildman–Crippen LogP) is 5.21. The lowest BCUT2D eigenvalue weighted by Crippen LogP contribution is -2.47. The Labute approximate surface area is 290 Å². The van der Waals surface area contributed by atoms with Crippen molar-refractivity contribution in [1.82, 2.24) is 19.8 Å². The van der Waals surface area contributed by atoms with E-state index in [2.05, 4.69) is 15.6 Å². The van der Waals surface area contributed by atoms with Gasteiger partial charge in [0.2, 0.25) is 0 Å². The molecule has 13 heteroatoms. The molecule has 0 radical (unpaired) electrons. The number of amidine groups is 1. The SMILES string of the molecule is CCC(C)OC(=O)/N=C(\N)c1ccc(CCc2nc3cc(C(=O)N4CCC(NC(=O)Nc5cccc(C(=O)OC)c5)CC4)ccc3n2C)cc1. The summed E-state index contributed by atoms with van der Waals surface area (Å²) in [4.78, 5) is 60.2. The average Bonchev–Trinajstić information content (AvgIpc) is 3.44. The highest BCUT2D eigenvalue weighted by Crippen LogP contribution is 2.21. The van der Waals surface area contributed by atoms with Crippen LogP contribution in [0.4, 0.5) is 15.3 Å². The number of urea groups is 1. The van der Waals surface area contributed by atoms with Crippen molar-refractivity contribution in [3.63, 3.8) is 0 Å². The van der Waals surface area contributed by atoms with Crippen LogP contribution in [0.15, 0.2) is 71.7 Å². The van der Waals surface area contributed by atoms with Crippen molar-refractivity contribution in [2.45, 2.75) is 58.1 Å². The van der Waals surface area contributed by atoms with E-state index in [0.717, 1.165) is 28.8 Å². The van der Waals surface area contributed by atoms with Crippen LogP contribution in [0, 0.1) is 0 Å². The summed E-state index contributed by atoms with van der Waals surface area (Å²) in [5, 5.41) is 5.72. The first kappa shape index (κ1) is 35.6. The number of imidazole rings is 1. The van der Waals surface area contributed by atoms with Crippen molar-refractivity contribution in [1.29, 1.82) is 0 Å². The Balaban J connectivity index is 1.13. The van der Waals surface area contributed by atoms with E-state index in [0.29, 0.717) is 61.2 Å². The number of fused-ring (bicyclic) bond motifs is 1. The number of methoxy groups -OCH3 is 1. The van der Waals surface area contributed by atoms with Crippen molar-refractivity contribution >= 4 is 46.6 Å². The molecule has 2 heterocycles. The van der Waals surface area contributed by atoms with Crippen LogP contribution in [0.5, 0.6) is 0 Å². The number of ether oxygens (including phenoxy) is 2. The number of benzene rings is 3. The molecule has 1 unspecified atom stereocenters. The largest absolute Gasteiger partial charge is 0.465 e. The number of piperidine rings is 1. The number of rotatable bonds is 10. The molecule has 1 aliphatic heterocycles. The van der Waals surface area contributed by atoms with Crippen LogP contribution in [0.3, 0.4) is 0 Å². The number of amides is 4. The number of nitrogens with two attached hydrogens (primary N) is 1. The smallest absolute Gasteiger partial charge is 0.435 e. The number of likely N-dealkylation sites (tertiary alicyclic amines) is 1. The van der Waals surface area contributed by atoms with Gasteiger partial charge in [0.25, 0.3) is 5.91 Å². The Hall–Kier alpha value is -5.72. The Morgan fingerprint density at radius 2 is 1.70 bits per heavy atom. The first-order valence-corrected chi connectivity index (χ1v) is 16.7. The molecule has 3 aromatic carbocycles. The Kier molecular flexibility index (Phi) is 11.5. The summed E-state index contributed by atoms with van der Waals surface area (Å²) in [6, 6.07) is 19.2. The van der Waals surface area contributed by atoms with Crippen LogP contribution >= 0.6 is 0 Å². The van der Waals surface area contributed by atoms with E-state index in [1.54, 1.807) is 36.1 Å². The molecule has 0 saturated carbocycles.